The van der Waals surface area contributed by atoms with Crippen molar-refractivity contribution in [2.24, 2.45) is 0 Å². The zero-order chi connectivity index (χ0) is 14.7. The summed E-state index contributed by atoms with van der Waals surface area (Å²) in [4.78, 5) is 10.1. The van der Waals surface area contributed by atoms with Gasteiger partial charge in [0.2, 0.25) is 0 Å². The number of aryl methyl sites for hydroxylation is 2. The fourth-order valence-corrected chi connectivity index (χ4v) is 1.97. The van der Waals surface area contributed by atoms with E-state index in [0.717, 1.165) is 22.8 Å². The molecule has 0 fully saturated rings. The van der Waals surface area contributed by atoms with Crippen LogP contribution >= 0.6 is 0 Å². The number of benzene rings is 2. The van der Waals surface area contributed by atoms with Gasteiger partial charge in [0.1, 0.15) is 5.82 Å². The fourth-order valence-electron chi connectivity index (χ4n) is 1.97. The first-order valence-corrected chi connectivity index (χ1v) is 6.20. The first kappa shape index (κ1) is 14.0. The zero-order valence-corrected chi connectivity index (χ0v) is 11.3. The summed E-state index contributed by atoms with van der Waals surface area (Å²) in [6.45, 7) is 4.48. The first-order valence-electron chi connectivity index (χ1n) is 6.20. The molecule has 0 spiro atoms. The van der Waals surface area contributed by atoms with E-state index in [4.69, 9.17) is 0 Å². The summed E-state index contributed by atoms with van der Waals surface area (Å²) >= 11 is 0. The number of nitro benzene ring substituents is 1. The van der Waals surface area contributed by atoms with Crippen molar-refractivity contribution < 1.29 is 9.31 Å². The minimum Gasteiger partial charge on any atom is -0.381 e. The third kappa shape index (κ3) is 3.32. The summed E-state index contributed by atoms with van der Waals surface area (Å²) in [6.07, 6.45) is 0. The van der Waals surface area contributed by atoms with Crippen LogP contribution in [0.3, 0.4) is 0 Å². The molecule has 0 aromatic heterocycles. The van der Waals surface area contributed by atoms with E-state index in [1.54, 1.807) is 0 Å². The van der Waals surface area contributed by atoms with Crippen molar-refractivity contribution in [3.05, 3.63) is 69.0 Å². The Morgan fingerprint density at radius 1 is 1.20 bits per heavy atom. The topological polar surface area (TPSA) is 55.2 Å². The van der Waals surface area contributed by atoms with Gasteiger partial charge in [-0.25, -0.2) is 4.39 Å². The Morgan fingerprint density at radius 3 is 2.65 bits per heavy atom. The maximum atomic E-state index is 13.3. The molecule has 0 aliphatic rings. The third-order valence-corrected chi connectivity index (χ3v) is 3.08. The molecule has 0 atom stereocenters. The molecule has 104 valence electrons. The summed E-state index contributed by atoms with van der Waals surface area (Å²) in [5.41, 5.74) is 3.48. The second-order valence-corrected chi connectivity index (χ2v) is 4.74. The second kappa shape index (κ2) is 5.69. The quantitative estimate of drug-likeness (QED) is 0.678. The van der Waals surface area contributed by atoms with Crippen LogP contribution in [0.5, 0.6) is 0 Å². The first-order chi connectivity index (χ1) is 9.45. The van der Waals surface area contributed by atoms with Crippen LogP contribution in [0.2, 0.25) is 0 Å². The van der Waals surface area contributed by atoms with E-state index in [0.29, 0.717) is 12.2 Å². The van der Waals surface area contributed by atoms with Crippen LogP contribution in [0.4, 0.5) is 15.8 Å². The van der Waals surface area contributed by atoms with Gasteiger partial charge in [-0.05, 0) is 31.0 Å². The van der Waals surface area contributed by atoms with E-state index in [1.807, 2.05) is 32.0 Å². The molecule has 0 heterocycles. The average molecular weight is 274 g/mol. The molecule has 0 unspecified atom stereocenters. The fraction of sp³-hybridized carbons (Fsp3) is 0.200. The molecule has 20 heavy (non-hydrogen) atoms. The molecule has 2 rings (SSSR count). The highest BCUT2D eigenvalue weighted by molar-refractivity contribution is 5.52. The molecular weight excluding hydrogens is 259 g/mol. The Hall–Kier alpha value is -2.43. The van der Waals surface area contributed by atoms with Gasteiger partial charge in [0.15, 0.2) is 0 Å². The highest BCUT2D eigenvalue weighted by atomic mass is 19.1. The van der Waals surface area contributed by atoms with Crippen molar-refractivity contribution in [3.8, 4) is 0 Å². The number of nitrogens with zero attached hydrogens (tertiary/aromatic N) is 1. The van der Waals surface area contributed by atoms with E-state index in [9.17, 15) is 14.5 Å². The Morgan fingerprint density at radius 2 is 1.95 bits per heavy atom. The Bertz CT molecular complexity index is 656. The molecule has 4 nitrogen and oxygen atoms in total. The van der Waals surface area contributed by atoms with Gasteiger partial charge in [0.25, 0.3) is 5.69 Å². The van der Waals surface area contributed by atoms with E-state index >= 15 is 0 Å². The molecule has 2 aromatic rings. The minimum atomic E-state index is -0.623. The standard InChI is InChI=1S/C15H15FN2O2/c1-10-3-4-11(2)12(5-10)9-17-14-6-13(16)7-15(8-14)18(19)20/h3-8,17H,9H2,1-2H3. The molecule has 0 bridgehead atoms. The number of nitrogens with one attached hydrogen (secondary N) is 1. The molecule has 0 saturated heterocycles. The molecule has 0 amide bonds. The number of nitro groups is 1. The van der Waals surface area contributed by atoms with Gasteiger partial charge in [-0.3, -0.25) is 10.1 Å². The second-order valence-electron chi connectivity index (χ2n) is 4.74. The van der Waals surface area contributed by atoms with Crippen molar-refractivity contribution in [1.82, 2.24) is 0 Å². The van der Waals surface area contributed by atoms with Crippen LogP contribution in [-0.2, 0) is 6.54 Å². The predicted molar refractivity (Wildman–Crippen MR) is 76.3 cm³/mol. The largest absolute Gasteiger partial charge is 0.381 e. The molecule has 0 radical (unpaired) electrons. The van der Waals surface area contributed by atoms with E-state index in [-0.39, 0.29) is 5.69 Å². The van der Waals surface area contributed by atoms with Gasteiger partial charge in [-0.15, -0.1) is 0 Å². The Kier molecular flexibility index (Phi) is 3.98. The SMILES string of the molecule is Cc1ccc(C)c(CNc2cc(F)cc([N+](=O)[O-])c2)c1. The Labute approximate surface area is 116 Å². The minimum absolute atomic E-state index is 0.256. The van der Waals surface area contributed by atoms with Crippen LogP contribution in [0.15, 0.2) is 36.4 Å². The summed E-state index contributed by atoms with van der Waals surface area (Å²) in [7, 11) is 0. The van der Waals surface area contributed by atoms with Crippen LogP contribution < -0.4 is 5.32 Å². The lowest BCUT2D eigenvalue weighted by Gasteiger charge is -2.10. The normalized spacial score (nSPS) is 10.3. The van der Waals surface area contributed by atoms with Crippen LogP contribution in [0.1, 0.15) is 16.7 Å². The number of halogens is 1. The lowest BCUT2D eigenvalue weighted by Crippen LogP contribution is -2.02. The van der Waals surface area contributed by atoms with Gasteiger partial charge in [-0.2, -0.15) is 0 Å². The van der Waals surface area contributed by atoms with Gasteiger partial charge in [0.05, 0.1) is 11.0 Å². The molecule has 1 N–H and O–H groups in total. The monoisotopic (exact) mass is 274 g/mol. The van der Waals surface area contributed by atoms with Gasteiger partial charge in [0, 0.05) is 18.3 Å². The zero-order valence-electron chi connectivity index (χ0n) is 11.3. The molecule has 0 aliphatic carbocycles. The van der Waals surface area contributed by atoms with Crippen molar-refractivity contribution in [1.29, 1.82) is 0 Å². The lowest BCUT2D eigenvalue weighted by atomic mass is 10.1. The van der Waals surface area contributed by atoms with Crippen LogP contribution in [0, 0.1) is 29.8 Å². The van der Waals surface area contributed by atoms with Crippen molar-refractivity contribution in [2.45, 2.75) is 20.4 Å². The van der Waals surface area contributed by atoms with Crippen molar-refractivity contribution in [3.63, 3.8) is 0 Å². The maximum Gasteiger partial charge on any atom is 0.274 e. The molecule has 0 aliphatic heterocycles. The Balaban J connectivity index is 2.18. The van der Waals surface area contributed by atoms with Crippen LogP contribution in [0.25, 0.3) is 0 Å². The van der Waals surface area contributed by atoms with Crippen molar-refractivity contribution >= 4 is 11.4 Å². The highest BCUT2D eigenvalue weighted by Crippen LogP contribution is 2.21. The highest BCUT2D eigenvalue weighted by Gasteiger charge is 2.09. The maximum absolute atomic E-state index is 13.3. The lowest BCUT2D eigenvalue weighted by molar-refractivity contribution is -0.385. The smallest absolute Gasteiger partial charge is 0.274 e. The summed E-state index contributed by atoms with van der Waals surface area (Å²) in [5.74, 6) is -0.623. The van der Waals surface area contributed by atoms with E-state index < -0.39 is 10.7 Å². The van der Waals surface area contributed by atoms with Crippen LogP contribution in [-0.4, -0.2) is 4.92 Å². The molecule has 5 heteroatoms. The average Bonchev–Trinajstić information content (AvgIpc) is 2.39. The van der Waals surface area contributed by atoms with Gasteiger partial charge < -0.3 is 5.32 Å². The van der Waals surface area contributed by atoms with Gasteiger partial charge >= 0.3 is 0 Å². The van der Waals surface area contributed by atoms with E-state index in [2.05, 4.69) is 5.32 Å². The molecular formula is C15H15FN2O2. The van der Waals surface area contributed by atoms with E-state index in [1.165, 1.54) is 12.1 Å². The third-order valence-electron chi connectivity index (χ3n) is 3.08. The summed E-state index contributed by atoms with van der Waals surface area (Å²) < 4.78 is 13.3. The van der Waals surface area contributed by atoms with Gasteiger partial charge in [-0.1, -0.05) is 23.8 Å². The molecule has 0 saturated carbocycles. The summed E-state index contributed by atoms with van der Waals surface area (Å²) in [5, 5.41) is 13.7. The number of hydrogen-bond acceptors (Lipinski definition) is 3. The number of non-ortho nitro benzene ring substituents is 1. The number of rotatable bonds is 4. The summed E-state index contributed by atoms with van der Waals surface area (Å²) in [6, 6.07) is 9.55. The number of anilines is 1. The predicted octanol–water partition coefficient (Wildman–Crippen LogP) is 3.96. The molecule has 2 aromatic carbocycles. The van der Waals surface area contributed by atoms with Crippen molar-refractivity contribution in [2.75, 3.05) is 5.32 Å². The number of hydrogen-bond donors (Lipinski definition) is 1.